The van der Waals surface area contributed by atoms with E-state index in [1.807, 2.05) is 13.0 Å². The molecule has 1 heterocycles. The molecule has 0 bridgehead atoms. The summed E-state index contributed by atoms with van der Waals surface area (Å²) in [6.45, 7) is 2.72. The van der Waals surface area contributed by atoms with E-state index < -0.39 is 0 Å². The number of para-hydroxylation sites is 1. The molecule has 0 unspecified atom stereocenters. The van der Waals surface area contributed by atoms with Crippen molar-refractivity contribution in [3.05, 3.63) is 76.5 Å². The van der Waals surface area contributed by atoms with Gasteiger partial charge in [0.1, 0.15) is 11.6 Å². The van der Waals surface area contributed by atoms with Gasteiger partial charge < -0.3 is 15.4 Å². The first-order chi connectivity index (χ1) is 15.0. The Hall–Kier alpha value is -3.26. The van der Waals surface area contributed by atoms with Crippen LogP contribution in [0.3, 0.4) is 0 Å². The molecule has 3 rings (SSSR count). The largest absolute Gasteiger partial charge is 0.493 e. The summed E-state index contributed by atoms with van der Waals surface area (Å²) in [4.78, 5) is 29.7. The lowest BCUT2D eigenvalue weighted by atomic mass is 10.1. The van der Waals surface area contributed by atoms with Gasteiger partial charge in [0.25, 0.3) is 5.91 Å². The van der Waals surface area contributed by atoms with Gasteiger partial charge in [-0.2, -0.15) is 0 Å². The van der Waals surface area contributed by atoms with Crippen molar-refractivity contribution in [3.63, 3.8) is 0 Å². The number of amides is 2. The molecule has 162 valence electrons. The minimum absolute atomic E-state index is 0.161. The molecule has 0 atom stereocenters. The Morgan fingerprint density at radius 3 is 2.68 bits per heavy atom. The van der Waals surface area contributed by atoms with Crippen molar-refractivity contribution >= 4 is 28.3 Å². The van der Waals surface area contributed by atoms with Crippen LogP contribution in [-0.2, 0) is 11.2 Å². The Bertz CT molecular complexity index is 1020. The first kappa shape index (κ1) is 22.4. The van der Waals surface area contributed by atoms with E-state index in [9.17, 15) is 14.0 Å². The third kappa shape index (κ3) is 6.89. The van der Waals surface area contributed by atoms with Crippen LogP contribution in [0, 0.1) is 5.82 Å². The normalized spacial score (nSPS) is 10.5. The number of anilines is 1. The van der Waals surface area contributed by atoms with E-state index in [-0.39, 0.29) is 24.1 Å². The van der Waals surface area contributed by atoms with Gasteiger partial charge in [-0.15, -0.1) is 11.3 Å². The summed E-state index contributed by atoms with van der Waals surface area (Å²) < 4.78 is 18.5. The van der Waals surface area contributed by atoms with E-state index in [2.05, 4.69) is 15.6 Å². The van der Waals surface area contributed by atoms with Crippen molar-refractivity contribution in [2.75, 3.05) is 18.5 Å². The maximum Gasteiger partial charge on any atom is 0.255 e. The summed E-state index contributed by atoms with van der Waals surface area (Å²) >= 11 is 1.39. The highest BCUT2D eigenvalue weighted by Crippen LogP contribution is 2.22. The quantitative estimate of drug-likeness (QED) is 0.457. The minimum atomic E-state index is -0.268. The fourth-order valence-corrected chi connectivity index (χ4v) is 3.78. The van der Waals surface area contributed by atoms with Gasteiger partial charge >= 0.3 is 0 Å². The molecule has 6 nitrogen and oxygen atoms in total. The molecule has 2 aromatic carbocycles. The van der Waals surface area contributed by atoms with Crippen molar-refractivity contribution in [2.24, 2.45) is 0 Å². The third-order valence-corrected chi connectivity index (χ3v) is 5.30. The van der Waals surface area contributed by atoms with E-state index in [0.29, 0.717) is 42.4 Å². The number of hydrogen-bond acceptors (Lipinski definition) is 5. The van der Waals surface area contributed by atoms with Gasteiger partial charge in [0.2, 0.25) is 5.91 Å². The molecule has 8 heteroatoms. The number of nitrogens with zero attached hydrogens (tertiary/aromatic N) is 1. The summed E-state index contributed by atoms with van der Waals surface area (Å²) in [6.07, 6.45) is 3.10. The van der Waals surface area contributed by atoms with Crippen LogP contribution in [0.5, 0.6) is 5.75 Å². The summed E-state index contributed by atoms with van der Waals surface area (Å²) in [5.74, 6) is -0.113. The SMILES string of the molecule is CCOc1ccccc1C(=O)NCCCC(=O)Nc1ncc(Cc2ccc(F)cc2)s1. The zero-order valence-electron chi connectivity index (χ0n) is 17.2. The Labute approximate surface area is 184 Å². The topological polar surface area (TPSA) is 80.3 Å². The highest BCUT2D eigenvalue weighted by molar-refractivity contribution is 7.15. The summed E-state index contributed by atoms with van der Waals surface area (Å²) in [7, 11) is 0. The second-order valence-electron chi connectivity index (χ2n) is 6.77. The molecule has 0 aliphatic heterocycles. The van der Waals surface area contributed by atoms with Crippen LogP contribution in [0.4, 0.5) is 9.52 Å². The van der Waals surface area contributed by atoms with Crippen molar-refractivity contribution in [1.29, 1.82) is 0 Å². The van der Waals surface area contributed by atoms with Gasteiger partial charge in [-0.3, -0.25) is 9.59 Å². The molecular formula is C23H24FN3O3S. The average molecular weight is 442 g/mol. The van der Waals surface area contributed by atoms with Crippen LogP contribution < -0.4 is 15.4 Å². The number of carbonyl (C=O) groups excluding carboxylic acids is 2. The lowest BCUT2D eigenvalue weighted by Gasteiger charge is -2.10. The van der Waals surface area contributed by atoms with Gasteiger partial charge in [-0.05, 0) is 43.2 Å². The predicted molar refractivity (Wildman–Crippen MR) is 119 cm³/mol. The molecular weight excluding hydrogens is 417 g/mol. The second kappa shape index (κ2) is 11.2. The molecule has 2 amide bonds. The molecule has 0 aliphatic carbocycles. The molecule has 0 radical (unpaired) electrons. The molecule has 0 aliphatic rings. The number of rotatable bonds is 10. The molecule has 0 spiro atoms. The third-order valence-electron chi connectivity index (χ3n) is 4.39. The van der Waals surface area contributed by atoms with E-state index in [4.69, 9.17) is 4.74 Å². The van der Waals surface area contributed by atoms with Gasteiger partial charge in [0.15, 0.2) is 5.13 Å². The number of nitrogens with one attached hydrogen (secondary N) is 2. The van der Waals surface area contributed by atoms with Gasteiger partial charge in [-0.25, -0.2) is 9.37 Å². The van der Waals surface area contributed by atoms with E-state index in [1.165, 1.54) is 23.5 Å². The lowest BCUT2D eigenvalue weighted by molar-refractivity contribution is -0.116. The predicted octanol–water partition coefficient (Wildman–Crippen LogP) is 4.42. The Balaban J connectivity index is 1.40. The van der Waals surface area contributed by atoms with Crippen LogP contribution in [0.2, 0.25) is 0 Å². The standard InChI is InChI=1S/C23H24FN3O3S/c1-2-30-20-7-4-3-6-19(20)22(29)25-13-5-8-21(28)27-23-26-15-18(31-23)14-16-9-11-17(24)12-10-16/h3-4,6-7,9-12,15H,2,5,8,13-14H2,1H3,(H,25,29)(H,26,27,28). The van der Waals surface area contributed by atoms with Gasteiger partial charge in [0.05, 0.1) is 12.2 Å². The Morgan fingerprint density at radius 2 is 1.90 bits per heavy atom. The number of thiazole rings is 1. The maximum atomic E-state index is 13.0. The fourth-order valence-electron chi connectivity index (χ4n) is 2.91. The Kier molecular flexibility index (Phi) is 8.12. The zero-order valence-corrected chi connectivity index (χ0v) is 18.0. The highest BCUT2D eigenvalue weighted by atomic mass is 32.1. The zero-order chi connectivity index (χ0) is 22.1. The van der Waals surface area contributed by atoms with Crippen LogP contribution in [-0.4, -0.2) is 29.9 Å². The molecule has 3 aromatic rings. The first-order valence-corrected chi connectivity index (χ1v) is 10.9. The molecule has 0 fully saturated rings. The number of aromatic nitrogens is 1. The molecule has 2 N–H and O–H groups in total. The second-order valence-corrected chi connectivity index (χ2v) is 7.89. The lowest BCUT2D eigenvalue weighted by Crippen LogP contribution is -2.26. The van der Waals surface area contributed by atoms with Crippen molar-refractivity contribution in [1.82, 2.24) is 10.3 Å². The monoisotopic (exact) mass is 441 g/mol. The van der Waals surface area contributed by atoms with Crippen LogP contribution in [0.15, 0.2) is 54.7 Å². The van der Waals surface area contributed by atoms with E-state index >= 15 is 0 Å². The van der Waals surface area contributed by atoms with Crippen LogP contribution in [0.1, 0.15) is 40.6 Å². The summed E-state index contributed by atoms with van der Waals surface area (Å²) in [5.41, 5.74) is 1.45. The van der Waals surface area contributed by atoms with Crippen LogP contribution in [0.25, 0.3) is 0 Å². The van der Waals surface area contributed by atoms with Gasteiger partial charge in [0, 0.05) is 30.5 Å². The number of ether oxygens (including phenoxy) is 1. The van der Waals surface area contributed by atoms with Crippen molar-refractivity contribution < 1.29 is 18.7 Å². The fraction of sp³-hybridized carbons (Fsp3) is 0.261. The molecule has 31 heavy (non-hydrogen) atoms. The number of halogens is 1. The molecule has 0 saturated heterocycles. The maximum absolute atomic E-state index is 13.0. The van der Waals surface area contributed by atoms with E-state index in [0.717, 1.165) is 10.4 Å². The van der Waals surface area contributed by atoms with Gasteiger partial charge in [-0.1, -0.05) is 24.3 Å². The smallest absolute Gasteiger partial charge is 0.255 e. The van der Waals surface area contributed by atoms with E-state index in [1.54, 1.807) is 36.5 Å². The average Bonchev–Trinajstić information content (AvgIpc) is 3.20. The summed E-state index contributed by atoms with van der Waals surface area (Å²) in [5, 5.41) is 6.12. The summed E-state index contributed by atoms with van der Waals surface area (Å²) in [6, 6.07) is 13.4. The molecule has 0 saturated carbocycles. The minimum Gasteiger partial charge on any atom is -0.493 e. The first-order valence-electron chi connectivity index (χ1n) is 10.0. The number of benzene rings is 2. The highest BCUT2D eigenvalue weighted by Gasteiger charge is 2.12. The van der Waals surface area contributed by atoms with Crippen molar-refractivity contribution in [2.45, 2.75) is 26.2 Å². The number of hydrogen-bond donors (Lipinski definition) is 2. The Morgan fingerprint density at radius 1 is 1.13 bits per heavy atom. The molecule has 1 aromatic heterocycles. The van der Waals surface area contributed by atoms with Crippen molar-refractivity contribution in [3.8, 4) is 5.75 Å². The van der Waals surface area contributed by atoms with Crippen LogP contribution >= 0.6 is 11.3 Å². The number of carbonyl (C=O) groups is 2.